The largest absolute Gasteiger partial charge is 0.356 e. The molecule has 1 aliphatic rings. The number of fused-ring (bicyclic) bond motifs is 1. The quantitative estimate of drug-likeness (QED) is 0.613. The lowest BCUT2D eigenvalue weighted by atomic mass is 9.86. The van der Waals surface area contributed by atoms with E-state index in [1.807, 2.05) is 12.3 Å². The summed E-state index contributed by atoms with van der Waals surface area (Å²) in [5.41, 5.74) is 1.48. The van der Waals surface area contributed by atoms with E-state index in [1.165, 1.54) is 4.31 Å². The van der Waals surface area contributed by atoms with Crippen molar-refractivity contribution in [3.63, 3.8) is 0 Å². The molecule has 0 amide bonds. The van der Waals surface area contributed by atoms with E-state index in [2.05, 4.69) is 36.9 Å². The highest BCUT2D eigenvalue weighted by atomic mass is 32.2. The number of aromatic nitrogens is 5. The molecule has 0 unspecified atom stereocenters. The van der Waals surface area contributed by atoms with E-state index in [0.29, 0.717) is 11.7 Å². The van der Waals surface area contributed by atoms with Gasteiger partial charge in [0.2, 0.25) is 10.0 Å². The van der Waals surface area contributed by atoms with Crippen molar-refractivity contribution in [2.24, 2.45) is 5.92 Å². The molecule has 0 aromatic carbocycles. The number of H-pyrrole nitrogens is 1. The van der Waals surface area contributed by atoms with Crippen LogP contribution in [0, 0.1) is 5.92 Å². The van der Waals surface area contributed by atoms with Crippen LogP contribution in [0.15, 0.2) is 37.2 Å². The standard InChI is InChI=1S/C20H27N7O2S/c1-26(12-16-11-21-9-10-22-16)30(28,29)13-15-3-5-17(6-4-15)27(2)20-18-7-8-23-19(18)24-14-25-20/h7-11,14-15,17H,3-6,12-13H2,1-2H3,(H,23,24,25). The molecular weight excluding hydrogens is 402 g/mol. The number of anilines is 1. The Kier molecular flexibility index (Phi) is 5.96. The smallest absolute Gasteiger partial charge is 0.214 e. The first-order valence-electron chi connectivity index (χ1n) is 10.1. The maximum absolute atomic E-state index is 12.8. The van der Waals surface area contributed by atoms with Crippen molar-refractivity contribution in [2.45, 2.75) is 38.3 Å². The van der Waals surface area contributed by atoms with E-state index >= 15 is 0 Å². The van der Waals surface area contributed by atoms with Crippen molar-refractivity contribution in [1.82, 2.24) is 29.2 Å². The third kappa shape index (κ3) is 4.44. The lowest BCUT2D eigenvalue weighted by molar-refractivity contribution is 0.335. The minimum Gasteiger partial charge on any atom is -0.356 e. The summed E-state index contributed by atoms with van der Waals surface area (Å²) in [6.45, 7) is 0.245. The molecule has 4 rings (SSSR count). The molecule has 1 aliphatic carbocycles. The Bertz CT molecular complexity index is 1080. The van der Waals surface area contributed by atoms with Crippen LogP contribution in [-0.4, -0.2) is 63.5 Å². The molecule has 1 fully saturated rings. The second kappa shape index (κ2) is 8.65. The third-order valence-corrected chi connectivity index (χ3v) is 7.92. The van der Waals surface area contributed by atoms with Gasteiger partial charge in [0.25, 0.3) is 0 Å². The Hall–Kier alpha value is -2.59. The number of rotatable bonds is 7. The maximum Gasteiger partial charge on any atom is 0.214 e. The average Bonchev–Trinajstić information content (AvgIpc) is 3.23. The molecule has 0 spiro atoms. The SMILES string of the molecule is CN(c1ncnc2[nH]ccc12)C1CCC(CS(=O)(=O)N(C)Cc2cnccn2)CC1. The van der Waals surface area contributed by atoms with Gasteiger partial charge >= 0.3 is 0 Å². The van der Waals surface area contributed by atoms with Crippen LogP contribution >= 0.6 is 0 Å². The Morgan fingerprint density at radius 2 is 1.90 bits per heavy atom. The molecule has 9 nitrogen and oxygen atoms in total. The number of nitrogens with zero attached hydrogens (tertiary/aromatic N) is 6. The molecule has 0 radical (unpaired) electrons. The van der Waals surface area contributed by atoms with Gasteiger partial charge in [-0.3, -0.25) is 9.97 Å². The molecule has 1 N–H and O–H groups in total. The monoisotopic (exact) mass is 429 g/mol. The van der Waals surface area contributed by atoms with E-state index < -0.39 is 10.0 Å². The predicted octanol–water partition coefficient (Wildman–Crippen LogP) is 2.20. The zero-order valence-corrected chi connectivity index (χ0v) is 18.1. The van der Waals surface area contributed by atoms with Crippen molar-refractivity contribution in [1.29, 1.82) is 0 Å². The summed E-state index contributed by atoms with van der Waals surface area (Å²) in [5.74, 6) is 1.26. The molecule has 0 atom stereocenters. The van der Waals surface area contributed by atoms with Crippen LogP contribution in [0.2, 0.25) is 0 Å². The van der Waals surface area contributed by atoms with Gasteiger partial charge in [0.1, 0.15) is 17.8 Å². The number of nitrogens with one attached hydrogen (secondary N) is 1. The molecule has 160 valence electrons. The van der Waals surface area contributed by atoms with Crippen molar-refractivity contribution in [2.75, 3.05) is 24.7 Å². The Labute approximate surface area is 176 Å². The fraction of sp³-hybridized carbons (Fsp3) is 0.500. The number of sulfonamides is 1. The molecule has 30 heavy (non-hydrogen) atoms. The van der Waals surface area contributed by atoms with Gasteiger partial charge in [-0.05, 0) is 37.7 Å². The summed E-state index contributed by atoms with van der Waals surface area (Å²) < 4.78 is 27.0. The van der Waals surface area contributed by atoms with E-state index in [0.717, 1.165) is 42.5 Å². The fourth-order valence-corrected chi connectivity index (χ4v) is 5.69. The number of aromatic amines is 1. The maximum atomic E-state index is 12.8. The third-order valence-electron chi connectivity index (χ3n) is 5.95. The minimum atomic E-state index is -3.34. The van der Waals surface area contributed by atoms with Crippen LogP contribution in [0.4, 0.5) is 5.82 Å². The first-order chi connectivity index (χ1) is 14.4. The van der Waals surface area contributed by atoms with Crippen LogP contribution in [0.1, 0.15) is 31.4 Å². The van der Waals surface area contributed by atoms with Crippen LogP contribution in [0.3, 0.4) is 0 Å². The summed E-state index contributed by atoms with van der Waals surface area (Å²) in [7, 11) is 0.330. The molecule has 1 saturated carbocycles. The second-order valence-corrected chi connectivity index (χ2v) is 10.1. The molecule has 3 aromatic rings. The van der Waals surface area contributed by atoms with Crippen molar-refractivity contribution in [3.8, 4) is 0 Å². The molecule has 3 heterocycles. The van der Waals surface area contributed by atoms with Crippen molar-refractivity contribution >= 4 is 26.9 Å². The summed E-state index contributed by atoms with van der Waals surface area (Å²) in [4.78, 5) is 22.2. The topological polar surface area (TPSA) is 108 Å². The van der Waals surface area contributed by atoms with Gasteiger partial charge in [0.15, 0.2) is 0 Å². The van der Waals surface area contributed by atoms with E-state index in [9.17, 15) is 8.42 Å². The van der Waals surface area contributed by atoms with Gasteiger partial charge in [-0.1, -0.05) is 0 Å². The van der Waals surface area contributed by atoms with E-state index in [-0.39, 0.29) is 18.2 Å². The highest BCUT2D eigenvalue weighted by Gasteiger charge is 2.30. The summed E-state index contributed by atoms with van der Waals surface area (Å²) >= 11 is 0. The van der Waals surface area contributed by atoms with Crippen molar-refractivity contribution < 1.29 is 8.42 Å². The Balaban J connectivity index is 1.34. The van der Waals surface area contributed by atoms with E-state index in [1.54, 1.807) is 32.0 Å². The lowest BCUT2D eigenvalue weighted by Gasteiger charge is -2.35. The summed E-state index contributed by atoms with van der Waals surface area (Å²) in [5, 5.41) is 1.01. The first-order valence-corrected chi connectivity index (χ1v) is 11.7. The van der Waals surface area contributed by atoms with Crippen LogP contribution in [-0.2, 0) is 16.6 Å². The zero-order chi connectivity index (χ0) is 21.1. The van der Waals surface area contributed by atoms with Gasteiger partial charge in [0, 0.05) is 44.9 Å². The molecule has 0 saturated heterocycles. The Morgan fingerprint density at radius 3 is 2.63 bits per heavy atom. The average molecular weight is 430 g/mol. The van der Waals surface area contributed by atoms with Gasteiger partial charge in [-0.2, -0.15) is 4.31 Å². The summed E-state index contributed by atoms with van der Waals surface area (Å²) in [6, 6.07) is 2.33. The van der Waals surface area contributed by atoms with Crippen molar-refractivity contribution in [3.05, 3.63) is 42.9 Å². The van der Waals surface area contributed by atoms with Crippen LogP contribution < -0.4 is 4.90 Å². The lowest BCUT2D eigenvalue weighted by Crippen LogP contribution is -2.38. The number of hydrogen-bond donors (Lipinski definition) is 1. The number of hydrogen-bond acceptors (Lipinski definition) is 7. The second-order valence-electron chi connectivity index (χ2n) is 7.95. The first kappa shape index (κ1) is 20.7. The molecular formula is C20H27N7O2S. The van der Waals surface area contributed by atoms with Gasteiger partial charge in [-0.15, -0.1) is 0 Å². The van der Waals surface area contributed by atoms with Gasteiger partial charge in [0.05, 0.1) is 23.4 Å². The van der Waals surface area contributed by atoms with Crippen LogP contribution in [0.25, 0.3) is 11.0 Å². The van der Waals surface area contributed by atoms with E-state index in [4.69, 9.17) is 0 Å². The highest BCUT2D eigenvalue weighted by Crippen LogP contribution is 2.32. The molecule has 3 aromatic heterocycles. The molecule has 0 aliphatic heterocycles. The molecule has 0 bridgehead atoms. The van der Waals surface area contributed by atoms with Gasteiger partial charge < -0.3 is 9.88 Å². The highest BCUT2D eigenvalue weighted by molar-refractivity contribution is 7.89. The fourth-order valence-electron chi connectivity index (χ4n) is 4.17. The van der Waals surface area contributed by atoms with Gasteiger partial charge in [-0.25, -0.2) is 18.4 Å². The molecule has 10 heteroatoms. The minimum absolute atomic E-state index is 0.168. The summed E-state index contributed by atoms with van der Waals surface area (Å²) in [6.07, 6.45) is 11.9. The van der Waals surface area contributed by atoms with Crippen LogP contribution in [0.5, 0.6) is 0 Å². The zero-order valence-electron chi connectivity index (χ0n) is 17.3. The Morgan fingerprint density at radius 1 is 1.10 bits per heavy atom. The normalized spacial score (nSPS) is 20.0. The predicted molar refractivity (Wildman–Crippen MR) is 115 cm³/mol.